The molecule has 2 aromatic carbocycles. The van der Waals surface area contributed by atoms with Crippen LogP contribution in [-0.4, -0.2) is 53.0 Å². The van der Waals surface area contributed by atoms with Crippen molar-refractivity contribution < 1.29 is 28.5 Å². The van der Waals surface area contributed by atoms with E-state index >= 15 is 0 Å². The highest BCUT2D eigenvalue weighted by atomic mass is 16.6. The predicted molar refractivity (Wildman–Crippen MR) is 148 cm³/mol. The maximum Gasteiger partial charge on any atom is 0.251 e. The standard InChI is InChI=1S/C30H30N4O6/c1-3-18(2)22-16-23-21(17-31-22)30(32-28(35)14-19-4-6-24-26(12-19)39-10-8-37-24)33-34(23)29(36)15-20-5-7-25-27(13-20)40-11-9-38-25/h4-7,12-13,16-18H,3,8-11,14-15H2,1-2H3,(H,32,33,35). The largest absolute Gasteiger partial charge is 0.486 e. The molecule has 206 valence electrons. The number of hydrogen-bond acceptors (Lipinski definition) is 8. The molecular formula is C30H30N4O6. The number of nitrogens with zero attached hydrogens (tertiary/aromatic N) is 3. The number of aromatic nitrogens is 3. The first-order valence-electron chi connectivity index (χ1n) is 13.5. The van der Waals surface area contributed by atoms with Crippen molar-refractivity contribution in [3.8, 4) is 23.0 Å². The van der Waals surface area contributed by atoms with E-state index in [9.17, 15) is 9.59 Å². The van der Waals surface area contributed by atoms with Crippen LogP contribution in [0.5, 0.6) is 23.0 Å². The molecule has 1 N–H and O–H groups in total. The smallest absolute Gasteiger partial charge is 0.251 e. The van der Waals surface area contributed by atoms with Gasteiger partial charge in [-0.3, -0.25) is 14.6 Å². The van der Waals surface area contributed by atoms with Gasteiger partial charge >= 0.3 is 0 Å². The molecule has 2 aliphatic rings. The van der Waals surface area contributed by atoms with Gasteiger partial charge in [0.1, 0.15) is 26.4 Å². The Kier molecular flexibility index (Phi) is 6.98. The average molecular weight is 543 g/mol. The lowest BCUT2D eigenvalue weighted by Crippen LogP contribution is -2.19. The van der Waals surface area contributed by atoms with Crippen molar-refractivity contribution in [2.45, 2.75) is 39.0 Å². The van der Waals surface area contributed by atoms with Gasteiger partial charge in [-0.05, 0) is 53.8 Å². The van der Waals surface area contributed by atoms with Gasteiger partial charge in [0.2, 0.25) is 5.91 Å². The van der Waals surface area contributed by atoms with Gasteiger partial charge in [-0.1, -0.05) is 26.0 Å². The van der Waals surface area contributed by atoms with Crippen molar-refractivity contribution in [2.75, 3.05) is 31.7 Å². The molecule has 2 aromatic heterocycles. The predicted octanol–water partition coefficient (Wildman–Crippen LogP) is 4.55. The monoisotopic (exact) mass is 542 g/mol. The van der Waals surface area contributed by atoms with E-state index in [-0.39, 0.29) is 36.4 Å². The van der Waals surface area contributed by atoms with Crippen LogP contribution >= 0.6 is 0 Å². The first kappa shape index (κ1) is 25.7. The summed E-state index contributed by atoms with van der Waals surface area (Å²) >= 11 is 0. The molecule has 4 aromatic rings. The quantitative estimate of drug-likeness (QED) is 0.362. The molecule has 0 aliphatic carbocycles. The van der Waals surface area contributed by atoms with Crippen molar-refractivity contribution in [1.29, 1.82) is 0 Å². The minimum atomic E-state index is -0.270. The highest BCUT2D eigenvalue weighted by Crippen LogP contribution is 2.33. The topological polar surface area (TPSA) is 114 Å². The average Bonchev–Trinajstić information content (AvgIpc) is 3.34. The summed E-state index contributed by atoms with van der Waals surface area (Å²) in [4.78, 5) is 31.2. The molecule has 1 amide bonds. The van der Waals surface area contributed by atoms with E-state index in [0.29, 0.717) is 60.3 Å². The number of fused-ring (bicyclic) bond motifs is 3. The maximum absolute atomic E-state index is 13.5. The molecule has 0 saturated heterocycles. The van der Waals surface area contributed by atoms with Crippen molar-refractivity contribution in [1.82, 2.24) is 14.8 Å². The molecular weight excluding hydrogens is 512 g/mol. The molecule has 0 radical (unpaired) electrons. The van der Waals surface area contributed by atoms with Crippen LogP contribution in [0.1, 0.15) is 47.8 Å². The molecule has 0 fully saturated rings. The Morgan fingerprint density at radius 1 is 0.875 bits per heavy atom. The van der Waals surface area contributed by atoms with E-state index in [1.165, 1.54) is 4.68 Å². The minimum Gasteiger partial charge on any atom is -0.486 e. The molecule has 0 saturated carbocycles. The Morgan fingerprint density at radius 2 is 1.48 bits per heavy atom. The minimum absolute atomic E-state index is 0.0962. The summed E-state index contributed by atoms with van der Waals surface area (Å²) < 4.78 is 23.8. The van der Waals surface area contributed by atoms with Gasteiger partial charge in [0.05, 0.1) is 23.7 Å². The fourth-order valence-corrected chi connectivity index (χ4v) is 4.79. The molecule has 0 spiro atoms. The van der Waals surface area contributed by atoms with Gasteiger partial charge in [0.25, 0.3) is 5.91 Å². The summed E-state index contributed by atoms with van der Waals surface area (Å²) in [6, 6.07) is 12.8. The SMILES string of the molecule is CCC(C)c1cc2c(cn1)c(NC(=O)Cc1ccc3c(c1)OCCO3)nn2C(=O)Cc1ccc2c(c1)OCCO2. The fourth-order valence-electron chi connectivity index (χ4n) is 4.79. The molecule has 40 heavy (non-hydrogen) atoms. The second kappa shape index (κ2) is 10.9. The van der Waals surface area contributed by atoms with E-state index in [2.05, 4.69) is 29.2 Å². The Balaban J connectivity index is 1.27. The van der Waals surface area contributed by atoms with E-state index in [1.807, 2.05) is 36.4 Å². The molecule has 6 rings (SSSR count). The fraction of sp³-hybridized carbons (Fsp3) is 0.333. The number of rotatable bonds is 7. The first-order valence-corrected chi connectivity index (χ1v) is 13.5. The van der Waals surface area contributed by atoms with Crippen LogP contribution in [-0.2, 0) is 17.6 Å². The number of ether oxygens (including phenoxy) is 4. The molecule has 10 heteroatoms. The van der Waals surface area contributed by atoms with Crippen molar-refractivity contribution in [3.63, 3.8) is 0 Å². The summed E-state index contributed by atoms with van der Waals surface area (Å²) in [5.41, 5.74) is 3.01. The third-order valence-electron chi connectivity index (χ3n) is 7.13. The lowest BCUT2D eigenvalue weighted by molar-refractivity contribution is -0.115. The number of carbonyl (C=O) groups is 2. The normalized spacial score (nSPS) is 14.6. The van der Waals surface area contributed by atoms with Crippen molar-refractivity contribution >= 4 is 28.5 Å². The number of benzene rings is 2. The number of anilines is 1. The van der Waals surface area contributed by atoms with Gasteiger partial charge in [0.15, 0.2) is 28.8 Å². The van der Waals surface area contributed by atoms with E-state index in [1.54, 1.807) is 12.3 Å². The lowest BCUT2D eigenvalue weighted by atomic mass is 10.0. The summed E-state index contributed by atoms with van der Waals surface area (Å²) in [6.07, 6.45) is 2.78. The van der Waals surface area contributed by atoms with E-state index in [0.717, 1.165) is 23.2 Å². The van der Waals surface area contributed by atoms with E-state index in [4.69, 9.17) is 18.9 Å². The summed E-state index contributed by atoms with van der Waals surface area (Å²) in [5.74, 6) is 2.56. The van der Waals surface area contributed by atoms with Crippen LogP contribution in [0.4, 0.5) is 5.82 Å². The number of hydrogen-bond donors (Lipinski definition) is 1. The maximum atomic E-state index is 13.5. The summed E-state index contributed by atoms with van der Waals surface area (Å²) in [7, 11) is 0. The van der Waals surface area contributed by atoms with Crippen molar-refractivity contribution in [2.24, 2.45) is 0 Å². The second-order valence-electron chi connectivity index (χ2n) is 9.95. The zero-order chi connectivity index (χ0) is 27.6. The second-order valence-corrected chi connectivity index (χ2v) is 9.95. The molecule has 2 aliphatic heterocycles. The number of pyridine rings is 1. The van der Waals surface area contributed by atoms with Crippen LogP contribution in [0.25, 0.3) is 10.9 Å². The van der Waals surface area contributed by atoms with Crippen molar-refractivity contribution in [3.05, 3.63) is 65.5 Å². The summed E-state index contributed by atoms with van der Waals surface area (Å²) in [5, 5.41) is 8.03. The molecule has 10 nitrogen and oxygen atoms in total. The Hall–Kier alpha value is -4.60. The van der Waals surface area contributed by atoms with Gasteiger partial charge in [-0.15, -0.1) is 5.10 Å². The van der Waals surface area contributed by atoms with Crippen LogP contribution in [0.2, 0.25) is 0 Å². The zero-order valence-corrected chi connectivity index (χ0v) is 22.4. The van der Waals surface area contributed by atoms with Crippen LogP contribution in [0.15, 0.2) is 48.7 Å². The highest BCUT2D eigenvalue weighted by molar-refractivity contribution is 6.03. The zero-order valence-electron chi connectivity index (χ0n) is 22.4. The summed E-state index contributed by atoms with van der Waals surface area (Å²) in [6.45, 7) is 6.11. The first-order chi connectivity index (χ1) is 19.5. The Bertz CT molecular complexity index is 1600. The molecule has 1 atom stereocenters. The number of carbonyl (C=O) groups excluding carboxylic acids is 2. The van der Waals surface area contributed by atoms with Crippen LogP contribution < -0.4 is 24.3 Å². The molecule has 4 heterocycles. The van der Waals surface area contributed by atoms with Gasteiger partial charge in [-0.2, -0.15) is 4.68 Å². The number of amides is 1. The molecule has 1 unspecified atom stereocenters. The Labute approximate surface area is 231 Å². The molecule has 0 bridgehead atoms. The number of nitrogens with one attached hydrogen (secondary N) is 1. The van der Waals surface area contributed by atoms with Crippen LogP contribution in [0.3, 0.4) is 0 Å². The lowest BCUT2D eigenvalue weighted by Gasteiger charge is -2.18. The Morgan fingerprint density at radius 3 is 2.10 bits per heavy atom. The van der Waals surface area contributed by atoms with Crippen LogP contribution in [0, 0.1) is 0 Å². The van der Waals surface area contributed by atoms with Gasteiger partial charge in [0, 0.05) is 11.9 Å². The van der Waals surface area contributed by atoms with E-state index < -0.39 is 0 Å². The highest BCUT2D eigenvalue weighted by Gasteiger charge is 2.21. The third kappa shape index (κ3) is 5.16. The van der Waals surface area contributed by atoms with Gasteiger partial charge < -0.3 is 24.3 Å². The van der Waals surface area contributed by atoms with Gasteiger partial charge in [-0.25, -0.2) is 0 Å². The third-order valence-corrected chi connectivity index (χ3v) is 7.13.